The van der Waals surface area contributed by atoms with Crippen molar-refractivity contribution >= 4 is 0 Å². The molecule has 0 saturated carbocycles. The number of phenolic OH excluding ortho intramolecular Hbond substituents is 1. The SMILES string of the molecule is CCCCCNCCCCc1cccc(O)c1. The second kappa shape index (κ2) is 9.06. The fourth-order valence-corrected chi connectivity index (χ4v) is 1.92. The van der Waals surface area contributed by atoms with Crippen LogP contribution in [-0.4, -0.2) is 18.2 Å². The van der Waals surface area contributed by atoms with Crippen molar-refractivity contribution in [1.82, 2.24) is 5.32 Å². The van der Waals surface area contributed by atoms with E-state index in [1.165, 1.54) is 37.7 Å². The number of nitrogens with one attached hydrogen (secondary N) is 1. The van der Waals surface area contributed by atoms with Crippen LogP contribution in [-0.2, 0) is 6.42 Å². The van der Waals surface area contributed by atoms with Gasteiger partial charge in [-0.05, 0) is 56.5 Å². The van der Waals surface area contributed by atoms with Gasteiger partial charge in [-0.1, -0.05) is 31.9 Å². The summed E-state index contributed by atoms with van der Waals surface area (Å²) in [6.45, 7) is 4.50. The van der Waals surface area contributed by atoms with Crippen molar-refractivity contribution < 1.29 is 5.11 Å². The molecule has 0 aliphatic rings. The molecular weight excluding hydrogens is 210 g/mol. The van der Waals surface area contributed by atoms with Crippen LogP contribution >= 0.6 is 0 Å². The zero-order valence-electron chi connectivity index (χ0n) is 10.9. The van der Waals surface area contributed by atoms with Crippen molar-refractivity contribution in [3.63, 3.8) is 0 Å². The highest BCUT2D eigenvalue weighted by Gasteiger charge is 1.95. The molecule has 0 atom stereocenters. The van der Waals surface area contributed by atoms with Crippen LogP contribution in [0, 0.1) is 0 Å². The number of aromatic hydroxyl groups is 1. The molecule has 2 heteroatoms. The lowest BCUT2D eigenvalue weighted by molar-refractivity contribution is 0.474. The van der Waals surface area contributed by atoms with Crippen LogP contribution < -0.4 is 5.32 Å². The molecule has 0 saturated heterocycles. The minimum atomic E-state index is 0.375. The van der Waals surface area contributed by atoms with Gasteiger partial charge in [-0.25, -0.2) is 0 Å². The third kappa shape index (κ3) is 7.01. The van der Waals surface area contributed by atoms with Gasteiger partial charge in [-0.3, -0.25) is 0 Å². The maximum absolute atomic E-state index is 9.32. The van der Waals surface area contributed by atoms with E-state index in [0.29, 0.717) is 5.75 Å². The lowest BCUT2D eigenvalue weighted by Crippen LogP contribution is -2.16. The minimum Gasteiger partial charge on any atom is -0.508 e. The zero-order valence-corrected chi connectivity index (χ0v) is 10.9. The maximum Gasteiger partial charge on any atom is 0.115 e. The van der Waals surface area contributed by atoms with E-state index >= 15 is 0 Å². The molecule has 1 aromatic rings. The molecule has 2 nitrogen and oxygen atoms in total. The molecule has 0 aliphatic carbocycles. The van der Waals surface area contributed by atoms with Gasteiger partial charge in [0.1, 0.15) is 5.75 Å². The lowest BCUT2D eigenvalue weighted by Gasteiger charge is -2.04. The van der Waals surface area contributed by atoms with Crippen LogP contribution in [0.25, 0.3) is 0 Å². The summed E-state index contributed by atoms with van der Waals surface area (Å²) in [6.07, 6.45) is 7.37. The molecule has 0 aromatic heterocycles. The molecule has 0 fully saturated rings. The number of rotatable bonds is 9. The van der Waals surface area contributed by atoms with Gasteiger partial charge >= 0.3 is 0 Å². The molecule has 1 rings (SSSR count). The molecule has 96 valence electrons. The summed E-state index contributed by atoms with van der Waals surface area (Å²) in [5.41, 5.74) is 1.23. The van der Waals surface area contributed by atoms with E-state index in [1.807, 2.05) is 12.1 Å². The van der Waals surface area contributed by atoms with E-state index in [2.05, 4.69) is 18.3 Å². The van der Waals surface area contributed by atoms with E-state index < -0.39 is 0 Å². The van der Waals surface area contributed by atoms with Crippen LogP contribution in [0.5, 0.6) is 5.75 Å². The Morgan fingerprint density at radius 3 is 2.53 bits per heavy atom. The topological polar surface area (TPSA) is 32.3 Å². The van der Waals surface area contributed by atoms with Crippen molar-refractivity contribution in [2.24, 2.45) is 0 Å². The number of aryl methyl sites for hydroxylation is 1. The van der Waals surface area contributed by atoms with Gasteiger partial charge in [0, 0.05) is 0 Å². The predicted octanol–water partition coefficient (Wildman–Crippen LogP) is 3.49. The normalized spacial score (nSPS) is 10.6. The second-order valence-corrected chi connectivity index (χ2v) is 4.58. The number of hydrogen-bond donors (Lipinski definition) is 2. The Labute approximate surface area is 105 Å². The van der Waals surface area contributed by atoms with Gasteiger partial charge in [0.2, 0.25) is 0 Å². The molecular formula is C15H25NO. The highest BCUT2D eigenvalue weighted by Crippen LogP contribution is 2.12. The Kier molecular flexibility index (Phi) is 7.48. The van der Waals surface area contributed by atoms with Gasteiger partial charge in [0.25, 0.3) is 0 Å². The molecule has 0 amide bonds. The van der Waals surface area contributed by atoms with Gasteiger partial charge in [-0.2, -0.15) is 0 Å². The number of phenols is 1. The first-order valence-corrected chi connectivity index (χ1v) is 6.81. The van der Waals surface area contributed by atoms with Crippen LogP contribution in [0.1, 0.15) is 44.6 Å². The van der Waals surface area contributed by atoms with Crippen molar-refractivity contribution in [2.45, 2.75) is 45.4 Å². The summed E-state index contributed by atoms with van der Waals surface area (Å²) < 4.78 is 0. The molecule has 0 aliphatic heterocycles. The average molecular weight is 235 g/mol. The summed E-state index contributed by atoms with van der Waals surface area (Å²) in [5, 5.41) is 12.8. The second-order valence-electron chi connectivity index (χ2n) is 4.58. The lowest BCUT2D eigenvalue weighted by atomic mass is 10.1. The highest BCUT2D eigenvalue weighted by molar-refractivity contribution is 5.27. The van der Waals surface area contributed by atoms with Crippen molar-refractivity contribution in [3.8, 4) is 5.75 Å². The van der Waals surface area contributed by atoms with Crippen molar-refractivity contribution in [1.29, 1.82) is 0 Å². The summed E-state index contributed by atoms with van der Waals surface area (Å²) in [6, 6.07) is 7.57. The fourth-order valence-electron chi connectivity index (χ4n) is 1.92. The summed E-state index contributed by atoms with van der Waals surface area (Å²) in [5.74, 6) is 0.375. The molecule has 0 heterocycles. The van der Waals surface area contributed by atoms with Crippen LogP contribution in [0.4, 0.5) is 0 Å². The van der Waals surface area contributed by atoms with Crippen LogP contribution in [0.3, 0.4) is 0 Å². The monoisotopic (exact) mass is 235 g/mol. The molecule has 0 radical (unpaired) electrons. The third-order valence-electron chi connectivity index (χ3n) is 2.94. The van der Waals surface area contributed by atoms with Crippen LogP contribution in [0.15, 0.2) is 24.3 Å². The number of benzene rings is 1. The van der Waals surface area contributed by atoms with Crippen LogP contribution in [0.2, 0.25) is 0 Å². The third-order valence-corrected chi connectivity index (χ3v) is 2.94. The Hall–Kier alpha value is -1.02. The Morgan fingerprint density at radius 1 is 1.06 bits per heavy atom. The van der Waals surface area contributed by atoms with E-state index in [-0.39, 0.29) is 0 Å². The first-order chi connectivity index (χ1) is 8.33. The quantitative estimate of drug-likeness (QED) is 0.642. The van der Waals surface area contributed by atoms with E-state index in [0.717, 1.165) is 19.5 Å². The smallest absolute Gasteiger partial charge is 0.115 e. The minimum absolute atomic E-state index is 0.375. The van der Waals surface area contributed by atoms with Crippen molar-refractivity contribution in [2.75, 3.05) is 13.1 Å². The molecule has 0 bridgehead atoms. The largest absolute Gasteiger partial charge is 0.508 e. The van der Waals surface area contributed by atoms with Gasteiger partial charge in [-0.15, -0.1) is 0 Å². The van der Waals surface area contributed by atoms with E-state index in [1.54, 1.807) is 6.07 Å². The Morgan fingerprint density at radius 2 is 1.82 bits per heavy atom. The molecule has 1 aromatic carbocycles. The summed E-state index contributed by atoms with van der Waals surface area (Å²) in [7, 11) is 0. The first-order valence-electron chi connectivity index (χ1n) is 6.81. The van der Waals surface area contributed by atoms with Gasteiger partial charge in [0.15, 0.2) is 0 Å². The molecule has 2 N–H and O–H groups in total. The highest BCUT2D eigenvalue weighted by atomic mass is 16.3. The zero-order chi connectivity index (χ0) is 12.3. The van der Waals surface area contributed by atoms with Crippen molar-refractivity contribution in [3.05, 3.63) is 29.8 Å². The fraction of sp³-hybridized carbons (Fsp3) is 0.600. The van der Waals surface area contributed by atoms with Gasteiger partial charge in [0.05, 0.1) is 0 Å². The predicted molar refractivity (Wildman–Crippen MR) is 73.4 cm³/mol. The first kappa shape index (κ1) is 14.0. The Balaban J connectivity index is 1.97. The summed E-state index contributed by atoms with van der Waals surface area (Å²) >= 11 is 0. The number of unbranched alkanes of at least 4 members (excludes halogenated alkanes) is 3. The molecule has 17 heavy (non-hydrogen) atoms. The van der Waals surface area contributed by atoms with E-state index in [9.17, 15) is 5.11 Å². The molecule has 0 spiro atoms. The summed E-state index contributed by atoms with van der Waals surface area (Å²) in [4.78, 5) is 0. The average Bonchev–Trinajstić information content (AvgIpc) is 2.33. The number of hydrogen-bond acceptors (Lipinski definition) is 2. The standard InChI is InChI=1S/C15H25NO/c1-2-3-5-11-16-12-6-4-8-14-9-7-10-15(17)13-14/h7,9-10,13,16-17H,2-6,8,11-12H2,1H3. The van der Waals surface area contributed by atoms with E-state index in [4.69, 9.17) is 0 Å². The Bertz CT molecular complexity index is 299. The van der Waals surface area contributed by atoms with Gasteiger partial charge < -0.3 is 10.4 Å². The maximum atomic E-state index is 9.32. The molecule has 0 unspecified atom stereocenters.